The van der Waals surface area contributed by atoms with Gasteiger partial charge >= 0.3 is 0 Å². The molecule has 0 saturated carbocycles. The molecule has 1 heterocycles. The van der Waals surface area contributed by atoms with E-state index in [1.165, 1.54) is 23.3 Å². The Labute approximate surface area is 113 Å². The van der Waals surface area contributed by atoms with Gasteiger partial charge in [-0.05, 0) is 56.5 Å². The molecule has 0 amide bonds. The second kappa shape index (κ2) is 5.93. The van der Waals surface area contributed by atoms with Gasteiger partial charge in [0, 0.05) is 5.56 Å². The van der Waals surface area contributed by atoms with Gasteiger partial charge < -0.3 is 14.9 Å². The zero-order valence-corrected chi connectivity index (χ0v) is 11.4. The Morgan fingerprint density at radius 3 is 2.89 bits per heavy atom. The van der Waals surface area contributed by atoms with Gasteiger partial charge in [0.15, 0.2) is 0 Å². The van der Waals surface area contributed by atoms with E-state index in [1.807, 2.05) is 6.08 Å². The minimum Gasteiger partial charge on any atom is -0.508 e. The highest BCUT2D eigenvalue weighted by Gasteiger charge is 2.20. The van der Waals surface area contributed by atoms with Crippen LogP contribution in [0.1, 0.15) is 38.4 Å². The van der Waals surface area contributed by atoms with Crippen LogP contribution in [0.4, 0.5) is 0 Å². The quantitative estimate of drug-likeness (QED) is 0.638. The summed E-state index contributed by atoms with van der Waals surface area (Å²) in [5.41, 5.74) is 3.18. The second-order valence-electron chi connectivity index (χ2n) is 5.12. The molecule has 3 heteroatoms. The molecule has 3 nitrogen and oxygen atoms in total. The van der Waals surface area contributed by atoms with Crippen LogP contribution in [0.3, 0.4) is 0 Å². The fourth-order valence-electron chi connectivity index (χ4n) is 2.16. The SMILES string of the molecule is CC(C)=CCCC1=CC(c2cc(O)ccc2O)OC1. The molecule has 0 bridgehead atoms. The van der Waals surface area contributed by atoms with Gasteiger partial charge in [0.1, 0.15) is 17.6 Å². The van der Waals surface area contributed by atoms with Crippen molar-refractivity contribution in [2.45, 2.75) is 32.8 Å². The van der Waals surface area contributed by atoms with Gasteiger partial charge in [0.2, 0.25) is 0 Å². The monoisotopic (exact) mass is 260 g/mol. The number of hydrogen-bond acceptors (Lipinski definition) is 3. The van der Waals surface area contributed by atoms with Gasteiger partial charge in [-0.3, -0.25) is 0 Å². The van der Waals surface area contributed by atoms with Gasteiger partial charge in [0.25, 0.3) is 0 Å². The molecule has 2 N–H and O–H groups in total. The highest BCUT2D eigenvalue weighted by Crippen LogP contribution is 2.35. The topological polar surface area (TPSA) is 49.7 Å². The van der Waals surface area contributed by atoms with Gasteiger partial charge in [-0.2, -0.15) is 0 Å². The number of benzene rings is 1. The predicted molar refractivity (Wildman–Crippen MR) is 75.2 cm³/mol. The lowest BCUT2D eigenvalue weighted by molar-refractivity contribution is 0.123. The molecule has 1 aromatic rings. The van der Waals surface area contributed by atoms with Crippen LogP contribution >= 0.6 is 0 Å². The van der Waals surface area contributed by atoms with Crippen molar-refractivity contribution < 1.29 is 14.9 Å². The molecular weight excluding hydrogens is 240 g/mol. The predicted octanol–water partition coefficient (Wildman–Crippen LogP) is 3.84. The number of allylic oxidation sites excluding steroid dienone is 2. The van der Waals surface area contributed by atoms with Crippen molar-refractivity contribution in [2.75, 3.05) is 6.61 Å². The maximum absolute atomic E-state index is 9.80. The maximum Gasteiger partial charge on any atom is 0.121 e. The maximum atomic E-state index is 9.80. The number of ether oxygens (including phenoxy) is 1. The molecule has 19 heavy (non-hydrogen) atoms. The van der Waals surface area contributed by atoms with Gasteiger partial charge in [-0.25, -0.2) is 0 Å². The largest absolute Gasteiger partial charge is 0.508 e. The van der Waals surface area contributed by atoms with Crippen molar-refractivity contribution in [3.8, 4) is 11.5 Å². The molecule has 0 aromatic heterocycles. The molecule has 1 atom stereocenters. The normalized spacial score (nSPS) is 18.2. The van der Waals surface area contributed by atoms with Gasteiger partial charge in [0.05, 0.1) is 6.61 Å². The van der Waals surface area contributed by atoms with E-state index in [-0.39, 0.29) is 17.6 Å². The van der Waals surface area contributed by atoms with E-state index < -0.39 is 0 Å². The second-order valence-corrected chi connectivity index (χ2v) is 5.12. The standard InChI is InChI=1S/C16H20O3/c1-11(2)4-3-5-12-8-16(19-10-12)14-9-13(17)6-7-15(14)18/h4,6-9,16-18H,3,5,10H2,1-2H3. The Bertz CT molecular complexity index is 511. The Balaban J connectivity index is 2.05. The molecule has 1 aliphatic rings. The summed E-state index contributed by atoms with van der Waals surface area (Å²) in [5, 5.41) is 19.3. The number of aromatic hydroxyl groups is 2. The first-order valence-corrected chi connectivity index (χ1v) is 6.52. The molecule has 2 rings (SSSR count). The van der Waals surface area contributed by atoms with Crippen molar-refractivity contribution in [1.82, 2.24) is 0 Å². The summed E-state index contributed by atoms with van der Waals surface area (Å²) in [6.07, 6.45) is 5.97. The lowest BCUT2D eigenvalue weighted by Gasteiger charge is -2.10. The van der Waals surface area contributed by atoms with Crippen LogP contribution in [0.25, 0.3) is 0 Å². The van der Waals surface area contributed by atoms with Crippen LogP contribution in [0.15, 0.2) is 41.5 Å². The van der Waals surface area contributed by atoms with Crippen molar-refractivity contribution in [1.29, 1.82) is 0 Å². The summed E-state index contributed by atoms with van der Waals surface area (Å²) in [4.78, 5) is 0. The average molecular weight is 260 g/mol. The molecule has 102 valence electrons. The van der Waals surface area contributed by atoms with E-state index in [4.69, 9.17) is 4.74 Å². The summed E-state index contributed by atoms with van der Waals surface area (Å²) in [5.74, 6) is 0.299. The Morgan fingerprint density at radius 2 is 2.16 bits per heavy atom. The third-order valence-corrected chi connectivity index (χ3v) is 3.17. The van der Waals surface area contributed by atoms with E-state index in [9.17, 15) is 10.2 Å². The summed E-state index contributed by atoms with van der Waals surface area (Å²) in [7, 11) is 0. The average Bonchev–Trinajstić information content (AvgIpc) is 2.80. The Kier molecular flexibility index (Phi) is 4.27. The van der Waals surface area contributed by atoms with E-state index in [0.29, 0.717) is 12.2 Å². The van der Waals surface area contributed by atoms with Crippen LogP contribution in [-0.2, 0) is 4.74 Å². The third-order valence-electron chi connectivity index (χ3n) is 3.17. The zero-order valence-electron chi connectivity index (χ0n) is 11.4. The van der Waals surface area contributed by atoms with Crippen LogP contribution in [0, 0.1) is 0 Å². The molecule has 0 fully saturated rings. The van der Waals surface area contributed by atoms with Crippen molar-refractivity contribution in [2.24, 2.45) is 0 Å². The zero-order chi connectivity index (χ0) is 13.8. The van der Waals surface area contributed by atoms with E-state index in [1.54, 1.807) is 6.07 Å². The summed E-state index contributed by atoms with van der Waals surface area (Å²) in [6.45, 7) is 4.77. The van der Waals surface area contributed by atoms with E-state index in [2.05, 4.69) is 19.9 Å². The van der Waals surface area contributed by atoms with E-state index in [0.717, 1.165) is 12.8 Å². The molecule has 0 saturated heterocycles. The molecule has 1 aromatic carbocycles. The first-order valence-electron chi connectivity index (χ1n) is 6.52. The lowest BCUT2D eigenvalue weighted by atomic mass is 10.0. The minimum absolute atomic E-state index is 0.141. The Hall–Kier alpha value is -1.74. The van der Waals surface area contributed by atoms with E-state index >= 15 is 0 Å². The third kappa shape index (κ3) is 3.61. The minimum atomic E-state index is -0.256. The molecule has 0 radical (unpaired) electrons. The fourth-order valence-corrected chi connectivity index (χ4v) is 2.16. The van der Waals surface area contributed by atoms with Crippen molar-refractivity contribution in [3.63, 3.8) is 0 Å². The molecular formula is C16H20O3. The van der Waals surface area contributed by atoms with Crippen LogP contribution < -0.4 is 0 Å². The smallest absolute Gasteiger partial charge is 0.121 e. The van der Waals surface area contributed by atoms with Crippen LogP contribution in [0.5, 0.6) is 11.5 Å². The molecule has 1 unspecified atom stereocenters. The summed E-state index contributed by atoms with van der Waals surface area (Å²) >= 11 is 0. The van der Waals surface area contributed by atoms with Gasteiger partial charge in [-0.15, -0.1) is 0 Å². The van der Waals surface area contributed by atoms with Crippen molar-refractivity contribution in [3.05, 3.63) is 47.1 Å². The first kappa shape index (κ1) is 13.7. The number of hydrogen-bond donors (Lipinski definition) is 2. The van der Waals surface area contributed by atoms with Crippen molar-refractivity contribution >= 4 is 0 Å². The first-order chi connectivity index (χ1) is 9.06. The molecule has 1 aliphatic heterocycles. The highest BCUT2D eigenvalue weighted by atomic mass is 16.5. The van der Waals surface area contributed by atoms with Crippen LogP contribution in [-0.4, -0.2) is 16.8 Å². The lowest BCUT2D eigenvalue weighted by Crippen LogP contribution is -1.96. The van der Waals surface area contributed by atoms with Gasteiger partial charge in [-0.1, -0.05) is 11.6 Å². The number of phenols is 2. The molecule has 0 aliphatic carbocycles. The number of rotatable bonds is 4. The number of phenolic OH excluding ortho intramolecular Hbond substituents is 2. The highest BCUT2D eigenvalue weighted by molar-refractivity contribution is 5.42. The van der Waals surface area contributed by atoms with Crippen LogP contribution in [0.2, 0.25) is 0 Å². The Morgan fingerprint density at radius 1 is 1.37 bits per heavy atom. The summed E-state index contributed by atoms with van der Waals surface area (Å²) in [6, 6.07) is 4.51. The molecule has 0 spiro atoms. The summed E-state index contributed by atoms with van der Waals surface area (Å²) < 4.78 is 5.66. The fraction of sp³-hybridized carbons (Fsp3) is 0.375.